The van der Waals surface area contributed by atoms with Crippen LogP contribution < -0.4 is 4.52 Å². The van der Waals surface area contributed by atoms with Gasteiger partial charge in [-0.25, -0.2) is 0 Å². The van der Waals surface area contributed by atoms with Crippen molar-refractivity contribution in [1.29, 1.82) is 0 Å². The standard InChI is InChI=1S/C12H18NO3PS/c1-3-9-17(18,10-4-2)16-12-7-5-11(6-8-12)13(14)15/h5-8H,3-4,9-10H2,1-2H3. The van der Waals surface area contributed by atoms with Crippen molar-refractivity contribution in [2.24, 2.45) is 0 Å². The predicted molar refractivity (Wildman–Crippen MR) is 78.3 cm³/mol. The van der Waals surface area contributed by atoms with E-state index in [1.54, 1.807) is 12.1 Å². The quantitative estimate of drug-likeness (QED) is 0.428. The van der Waals surface area contributed by atoms with E-state index in [4.69, 9.17) is 16.3 Å². The lowest BCUT2D eigenvalue weighted by Gasteiger charge is -2.22. The maximum absolute atomic E-state index is 10.6. The first-order valence-corrected chi connectivity index (χ1v) is 9.12. The molecule has 0 spiro atoms. The average molecular weight is 287 g/mol. The molecule has 0 atom stereocenters. The van der Waals surface area contributed by atoms with Gasteiger partial charge in [0, 0.05) is 24.5 Å². The molecule has 0 aromatic heterocycles. The highest BCUT2D eigenvalue weighted by Gasteiger charge is 2.17. The molecule has 6 heteroatoms. The second-order valence-electron chi connectivity index (χ2n) is 4.10. The molecule has 0 aliphatic heterocycles. The minimum atomic E-state index is -1.82. The predicted octanol–water partition coefficient (Wildman–Crippen LogP) is 4.19. The molecule has 0 aliphatic rings. The lowest BCUT2D eigenvalue weighted by Crippen LogP contribution is -2.01. The molecule has 0 aliphatic carbocycles. The highest BCUT2D eigenvalue weighted by atomic mass is 32.4. The van der Waals surface area contributed by atoms with E-state index in [9.17, 15) is 10.1 Å². The van der Waals surface area contributed by atoms with Gasteiger partial charge in [0.1, 0.15) is 12.0 Å². The molecule has 0 unspecified atom stereocenters. The van der Waals surface area contributed by atoms with E-state index in [2.05, 4.69) is 13.8 Å². The van der Waals surface area contributed by atoms with Crippen LogP contribution >= 0.6 is 6.26 Å². The molecule has 0 heterocycles. The fourth-order valence-electron chi connectivity index (χ4n) is 1.71. The average Bonchev–Trinajstić information content (AvgIpc) is 2.30. The van der Waals surface area contributed by atoms with Gasteiger partial charge in [-0.2, -0.15) is 0 Å². The summed E-state index contributed by atoms with van der Waals surface area (Å²) in [4.78, 5) is 10.1. The fourth-order valence-corrected chi connectivity index (χ4v) is 5.33. The highest BCUT2D eigenvalue weighted by molar-refractivity contribution is 8.12. The molecule has 100 valence electrons. The molecule has 0 N–H and O–H groups in total. The van der Waals surface area contributed by atoms with Crippen LogP contribution in [0.1, 0.15) is 26.7 Å². The highest BCUT2D eigenvalue weighted by Crippen LogP contribution is 2.48. The van der Waals surface area contributed by atoms with Crippen molar-refractivity contribution in [3.63, 3.8) is 0 Å². The van der Waals surface area contributed by atoms with Crippen molar-refractivity contribution >= 4 is 23.8 Å². The lowest BCUT2D eigenvalue weighted by atomic mass is 10.3. The van der Waals surface area contributed by atoms with Crippen LogP contribution in [0.4, 0.5) is 5.69 Å². The van der Waals surface area contributed by atoms with Crippen molar-refractivity contribution < 1.29 is 9.45 Å². The van der Waals surface area contributed by atoms with Crippen LogP contribution in [0.3, 0.4) is 0 Å². The number of hydrogen-bond acceptors (Lipinski definition) is 4. The molecule has 0 fully saturated rings. The Morgan fingerprint density at radius 1 is 1.22 bits per heavy atom. The van der Waals surface area contributed by atoms with E-state index >= 15 is 0 Å². The van der Waals surface area contributed by atoms with Gasteiger partial charge >= 0.3 is 0 Å². The van der Waals surface area contributed by atoms with Gasteiger partial charge in [-0.1, -0.05) is 25.7 Å². The molecule has 0 bridgehead atoms. The van der Waals surface area contributed by atoms with Gasteiger partial charge in [0.05, 0.1) is 4.92 Å². The lowest BCUT2D eigenvalue weighted by molar-refractivity contribution is -0.384. The Bertz CT molecular complexity index is 437. The monoisotopic (exact) mass is 287 g/mol. The summed E-state index contributed by atoms with van der Waals surface area (Å²) in [5.41, 5.74) is 0.0710. The summed E-state index contributed by atoms with van der Waals surface area (Å²) in [5, 5.41) is 10.6. The van der Waals surface area contributed by atoms with Crippen molar-refractivity contribution in [1.82, 2.24) is 0 Å². The van der Waals surface area contributed by atoms with E-state index < -0.39 is 11.2 Å². The Kier molecular flexibility index (Phi) is 5.76. The molecule has 1 aromatic carbocycles. The van der Waals surface area contributed by atoms with E-state index in [1.165, 1.54) is 12.1 Å². The summed E-state index contributed by atoms with van der Waals surface area (Å²) >= 11 is 5.62. The number of nitro benzene ring substituents is 1. The van der Waals surface area contributed by atoms with Crippen molar-refractivity contribution in [2.75, 3.05) is 12.3 Å². The molecule has 1 rings (SSSR count). The topological polar surface area (TPSA) is 52.4 Å². The van der Waals surface area contributed by atoms with Crippen molar-refractivity contribution in [3.8, 4) is 5.75 Å². The third kappa shape index (κ3) is 4.39. The molecular formula is C12H18NO3PS. The van der Waals surface area contributed by atoms with Crippen LogP contribution in [0.25, 0.3) is 0 Å². The molecule has 4 nitrogen and oxygen atoms in total. The smallest absolute Gasteiger partial charge is 0.269 e. The Morgan fingerprint density at radius 3 is 2.11 bits per heavy atom. The normalized spacial score (nSPS) is 11.2. The summed E-state index contributed by atoms with van der Waals surface area (Å²) in [6.45, 7) is 4.19. The minimum Gasteiger partial charge on any atom is -0.467 e. The number of nitro groups is 1. The van der Waals surface area contributed by atoms with Gasteiger partial charge in [0.25, 0.3) is 5.69 Å². The molecule has 0 saturated carbocycles. The SMILES string of the molecule is CCCP(=S)(CCC)Oc1ccc([N+](=O)[O-])cc1. The number of benzene rings is 1. The van der Waals surface area contributed by atoms with Crippen LogP contribution in [-0.4, -0.2) is 17.2 Å². The molecule has 18 heavy (non-hydrogen) atoms. The number of non-ortho nitro benzene ring substituents is 1. The van der Waals surface area contributed by atoms with E-state index in [0.717, 1.165) is 25.2 Å². The molecular weight excluding hydrogens is 269 g/mol. The maximum Gasteiger partial charge on any atom is 0.269 e. The zero-order valence-electron chi connectivity index (χ0n) is 10.7. The summed E-state index contributed by atoms with van der Waals surface area (Å²) in [7, 11) is 0. The first-order chi connectivity index (χ1) is 8.50. The second-order valence-corrected chi connectivity index (χ2v) is 8.81. The molecule has 0 amide bonds. The van der Waals surface area contributed by atoms with Gasteiger partial charge in [-0.05, 0) is 25.0 Å². The largest absolute Gasteiger partial charge is 0.467 e. The van der Waals surface area contributed by atoms with Crippen molar-refractivity contribution in [3.05, 3.63) is 34.4 Å². The van der Waals surface area contributed by atoms with Gasteiger partial charge in [-0.15, -0.1) is 0 Å². The summed E-state index contributed by atoms with van der Waals surface area (Å²) in [5.74, 6) is 0.644. The fraction of sp³-hybridized carbons (Fsp3) is 0.500. The third-order valence-electron chi connectivity index (χ3n) is 2.45. The summed E-state index contributed by atoms with van der Waals surface area (Å²) in [6, 6.07) is 6.16. The Labute approximate surface area is 113 Å². The van der Waals surface area contributed by atoms with Crippen molar-refractivity contribution in [2.45, 2.75) is 26.7 Å². The van der Waals surface area contributed by atoms with Gasteiger partial charge in [-0.3, -0.25) is 10.1 Å². The van der Waals surface area contributed by atoms with Crippen LogP contribution in [0, 0.1) is 10.1 Å². The van der Waals surface area contributed by atoms with Crippen LogP contribution in [-0.2, 0) is 11.8 Å². The Balaban J connectivity index is 2.81. The second kappa shape index (κ2) is 6.86. The van der Waals surface area contributed by atoms with Crippen LogP contribution in [0.15, 0.2) is 24.3 Å². The van der Waals surface area contributed by atoms with E-state index in [1.807, 2.05) is 0 Å². The minimum absolute atomic E-state index is 0.0710. The summed E-state index contributed by atoms with van der Waals surface area (Å²) < 4.78 is 5.92. The molecule has 0 radical (unpaired) electrons. The number of hydrogen-bond donors (Lipinski definition) is 0. The first-order valence-electron chi connectivity index (χ1n) is 6.03. The van der Waals surface area contributed by atoms with Gasteiger partial charge in [0.2, 0.25) is 0 Å². The Hall–Kier alpha value is -0.930. The number of rotatable bonds is 7. The van der Waals surface area contributed by atoms with Crippen LogP contribution in [0.5, 0.6) is 5.75 Å². The van der Waals surface area contributed by atoms with Crippen LogP contribution in [0.2, 0.25) is 0 Å². The summed E-state index contributed by atoms with van der Waals surface area (Å²) in [6.07, 6.45) is 2.01. The van der Waals surface area contributed by atoms with E-state index in [0.29, 0.717) is 5.75 Å². The maximum atomic E-state index is 10.6. The molecule has 0 saturated heterocycles. The zero-order chi connectivity index (χ0) is 13.6. The Morgan fingerprint density at radius 2 is 1.72 bits per heavy atom. The van der Waals surface area contributed by atoms with Gasteiger partial charge in [0.15, 0.2) is 0 Å². The van der Waals surface area contributed by atoms with Gasteiger partial charge < -0.3 is 4.52 Å². The zero-order valence-corrected chi connectivity index (χ0v) is 12.4. The van der Waals surface area contributed by atoms with E-state index in [-0.39, 0.29) is 5.69 Å². The third-order valence-corrected chi connectivity index (χ3v) is 6.57. The first kappa shape index (κ1) is 15.1. The number of nitrogens with zero attached hydrogens (tertiary/aromatic N) is 1. The molecule has 1 aromatic rings.